The van der Waals surface area contributed by atoms with E-state index >= 15 is 0 Å². The molecule has 0 saturated heterocycles. The van der Waals surface area contributed by atoms with Crippen LogP contribution in [0.1, 0.15) is 39.4 Å². The predicted molar refractivity (Wildman–Crippen MR) is 116 cm³/mol. The summed E-state index contributed by atoms with van der Waals surface area (Å²) < 4.78 is 10.9. The Kier molecular flexibility index (Phi) is 5.75. The van der Waals surface area contributed by atoms with Gasteiger partial charge in [-0.05, 0) is 57.2 Å². The summed E-state index contributed by atoms with van der Waals surface area (Å²) in [5.74, 6) is 1.57. The molecule has 1 aliphatic heterocycles. The Labute approximate surface area is 176 Å². The van der Waals surface area contributed by atoms with E-state index in [9.17, 15) is 4.79 Å². The van der Waals surface area contributed by atoms with Crippen molar-refractivity contribution < 1.29 is 14.3 Å². The monoisotopic (exact) mass is 415 g/mol. The number of hydrogen-bond acceptors (Lipinski definition) is 6. The lowest BCUT2D eigenvalue weighted by Gasteiger charge is -2.40. The molecule has 0 saturated carbocycles. The number of benzene rings is 2. The second kappa shape index (κ2) is 7.95. The van der Waals surface area contributed by atoms with E-state index in [-0.39, 0.29) is 17.5 Å². The van der Waals surface area contributed by atoms with E-state index in [1.54, 1.807) is 14.2 Å². The summed E-state index contributed by atoms with van der Waals surface area (Å²) in [5, 5.41) is 7.19. The lowest BCUT2D eigenvalue weighted by molar-refractivity contribution is -0.112. The lowest BCUT2D eigenvalue weighted by atomic mass is 10.0. The molecule has 0 aliphatic carbocycles. The van der Waals surface area contributed by atoms with Crippen LogP contribution in [-0.4, -0.2) is 36.3 Å². The largest absolute Gasteiger partial charge is 0.493 e. The average molecular weight is 416 g/mol. The highest BCUT2D eigenvalue weighted by atomic mass is 35.5. The van der Waals surface area contributed by atoms with Crippen LogP contribution in [0.5, 0.6) is 11.5 Å². The van der Waals surface area contributed by atoms with Gasteiger partial charge in [-0.3, -0.25) is 4.79 Å². The Bertz CT molecular complexity index is 935. The summed E-state index contributed by atoms with van der Waals surface area (Å²) >= 11 is 6.08. The molecule has 0 amide bonds. The molecule has 0 N–H and O–H groups in total. The van der Waals surface area contributed by atoms with Crippen LogP contribution >= 0.6 is 11.6 Å². The number of halogens is 1. The Morgan fingerprint density at radius 3 is 2.17 bits per heavy atom. The molecule has 0 spiro atoms. The normalized spacial score (nSPS) is 16.7. The number of hydrogen-bond donors (Lipinski definition) is 0. The minimum Gasteiger partial charge on any atom is -0.493 e. The molecule has 29 heavy (non-hydrogen) atoms. The van der Waals surface area contributed by atoms with Crippen molar-refractivity contribution in [3.63, 3.8) is 0 Å². The summed E-state index contributed by atoms with van der Waals surface area (Å²) in [6.45, 7) is 7.72. The van der Waals surface area contributed by atoms with Crippen molar-refractivity contribution in [3.05, 3.63) is 53.1 Å². The zero-order valence-corrected chi connectivity index (χ0v) is 18.3. The van der Waals surface area contributed by atoms with Crippen molar-refractivity contribution in [2.24, 2.45) is 5.10 Å². The van der Waals surface area contributed by atoms with Gasteiger partial charge in [0, 0.05) is 23.0 Å². The smallest absolute Gasteiger partial charge is 0.196 e. The number of methoxy groups -OCH3 is 2. The van der Waals surface area contributed by atoms with Gasteiger partial charge >= 0.3 is 0 Å². The molecule has 1 aliphatic rings. The maximum absolute atomic E-state index is 12.5. The van der Waals surface area contributed by atoms with Crippen LogP contribution in [0.25, 0.3) is 0 Å². The van der Waals surface area contributed by atoms with Crippen LogP contribution in [0.4, 0.5) is 5.69 Å². The highest BCUT2D eigenvalue weighted by Gasteiger charge is 2.43. The molecule has 0 bridgehead atoms. The third-order valence-electron chi connectivity index (χ3n) is 4.74. The molecule has 2 aromatic rings. The SMILES string of the molecule is COc1ccc(C2N(c3ccc(Cl)cc3)N=C(C(C)=O)N2C(C)(C)C)cc1OC. The highest BCUT2D eigenvalue weighted by molar-refractivity contribution is 6.38. The number of nitrogens with zero attached hydrogens (tertiary/aromatic N) is 3. The average Bonchev–Trinajstić information content (AvgIpc) is 3.09. The number of carbonyl (C=O) groups is 1. The second-order valence-corrected chi connectivity index (χ2v) is 8.27. The highest BCUT2D eigenvalue weighted by Crippen LogP contribution is 2.42. The van der Waals surface area contributed by atoms with E-state index in [0.29, 0.717) is 22.4 Å². The lowest BCUT2D eigenvalue weighted by Crippen LogP contribution is -2.49. The van der Waals surface area contributed by atoms with E-state index in [0.717, 1.165) is 11.3 Å². The van der Waals surface area contributed by atoms with E-state index in [4.69, 9.17) is 26.2 Å². The standard InChI is InChI=1S/C22H26ClN3O3/c1-14(27)20-24-26(17-10-8-16(23)9-11-17)21(25(20)22(2,3)4)15-7-12-18(28-5)19(13-15)29-6/h7-13,21H,1-6H3. The fraction of sp³-hybridized carbons (Fsp3) is 0.364. The number of anilines is 1. The third-order valence-corrected chi connectivity index (χ3v) is 4.99. The second-order valence-electron chi connectivity index (χ2n) is 7.83. The van der Waals surface area contributed by atoms with E-state index in [1.807, 2.05) is 52.4 Å². The Morgan fingerprint density at radius 2 is 1.66 bits per heavy atom. The molecule has 1 unspecified atom stereocenters. The number of hydrazone groups is 1. The van der Waals surface area contributed by atoms with Crippen LogP contribution < -0.4 is 14.5 Å². The molecule has 0 radical (unpaired) electrons. The van der Waals surface area contributed by atoms with E-state index in [2.05, 4.69) is 20.8 Å². The van der Waals surface area contributed by atoms with Crippen molar-refractivity contribution in [1.82, 2.24) is 4.90 Å². The van der Waals surface area contributed by atoms with E-state index in [1.165, 1.54) is 6.92 Å². The first-order chi connectivity index (χ1) is 13.7. The predicted octanol–water partition coefficient (Wildman–Crippen LogP) is 4.88. The van der Waals surface area contributed by atoms with Gasteiger partial charge in [0.05, 0.1) is 19.9 Å². The van der Waals surface area contributed by atoms with Crippen LogP contribution in [0.3, 0.4) is 0 Å². The fourth-order valence-electron chi connectivity index (χ4n) is 3.45. The Hall–Kier alpha value is -2.73. The van der Waals surface area contributed by atoms with Gasteiger partial charge in [0.25, 0.3) is 0 Å². The number of rotatable bonds is 5. The van der Waals surface area contributed by atoms with Gasteiger partial charge in [0.1, 0.15) is 0 Å². The molecular formula is C22H26ClN3O3. The fourth-order valence-corrected chi connectivity index (χ4v) is 3.58. The van der Waals surface area contributed by atoms with Crippen LogP contribution in [0.15, 0.2) is 47.6 Å². The topological polar surface area (TPSA) is 54.4 Å². The molecule has 154 valence electrons. The number of Topliss-reactive ketones (excluding diaryl/α,β-unsaturated/α-hetero) is 1. The maximum atomic E-state index is 12.5. The Morgan fingerprint density at radius 1 is 1.03 bits per heavy atom. The first-order valence-electron chi connectivity index (χ1n) is 9.33. The molecule has 7 heteroatoms. The molecule has 2 aromatic carbocycles. The van der Waals surface area contributed by atoms with Crippen molar-refractivity contribution >= 4 is 28.9 Å². The molecule has 0 fully saturated rings. The summed E-state index contributed by atoms with van der Waals surface area (Å²) in [6.07, 6.45) is -0.338. The summed E-state index contributed by atoms with van der Waals surface area (Å²) in [7, 11) is 3.21. The van der Waals surface area contributed by atoms with E-state index < -0.39 is 0 Å². The zero-order valence-electron chi connectivity index (χ0n) is 17.6. The van der Waals surface area contributed by atoms with Gasteiger partial charge in [0.2, 0.25) is 0 Å². The molecule has 1 heterocycles. The maximum Gasteiger partial charge on any atom is 0.196 e. The van der Waals surface area contributed by atoms with Gasteiger partial charge in [-0.25, -0.2) is 5.01 Å². The minimum atomic E-state index is -0.358. The molecular weight excluding hydrogens is 390 g/mol. The minimum absolute atomic E-state index is 0.0955. The van der Waals surface area contributed by atoms with Crippen LogP contribution in [0.2, 0.25) is 5.02 Å². The van der Waals surface area contributed by atoms with Crippen molar-refractivity contribution in [1.29, 1.82) is 0 Å². The Balaban J connectivity index is 2.19. The van der Waals surface area contributed by atoms with Gasteiger partial charge in [0.15, 0.2) is 29.3 Å². The van der Waals surface area contributed by atoms with Gasteiger partial charge < -0.3 is 14.4 Å². The molecule has 1 atom stereocenters. The molecule has 0 aromatic heterocycles. The summed E-state index contributed by atoms with van der Waals surface area (Å²) in [4.78, 5) is 14.5. The summed E-state index contributed by atoms with van der Waals surface area (Å²) in [6, 6.07) is 13.2. The van der Waals surface area contributed by atoms with Crippen molar-refractivity contribution in [3.8, 4) is 11.5 Å². The first-order valence-corrected chi connectivity index (χ1v) is 9.70. The van der Waals surface area contributed by atoms with Gasteiger partial charge in [-0.2, -0.15) is 0 Å². The molecule has 6 nitrogen and oxygen atoms in total. The van der Waals surface area contributed by atoms with Crippen LogP contribution in [-0.2, 0) is 4.79 Å². The van der Waals surface area contributed by atoms with Crippen molar-refractivity contribution in [2.45, 2.75) is 39.4 Å². The number of ketones is 1. The first kappa shape index (κ1) is 21.0. The number of amidine groups is 1. The number of carbonyl (C=O) groups excluding carboxylic acids is 1. The number of ether oxygens (including phenoxy) is 2. The summed E-state index contributed by atoms with van der Waals surface area (Å²) in [5.41, 5.74) is 1.40. The van der Waals surface area contributed by atoms with Crippen molar-refractivity contribution in [2.75, 3.05) is 19.2 Å². The quantitative estimate of drug-likeness (QED) is 0.696. The van der Waals surface area contributed by atoms with Gasteiger partial charge in [-0.1, -0.05) is 17.7 Å². The molecule has 3 rings (SSSR count). The van der Waals surface area contributed by atoms with Crippen LogP contribution in [0, 0.1) is 0 Å². The third kappa shape index (κ3) is 4.03. The zero-order chi connectivity index (χ0) is 21.3. The van der Waals surface area contributed by atoms with Gasteiger partial charge in [-0.15, -0.1) is 5.10 Å².